The second-order valence-electron chi connectivity index (χ2n) is 7.43. The summed E-state index contributed by atoms with van der Waals surface area (Å²) < 4.78 is 45.6. The molecule has 2 atom stereocenters. The van der Waals surface area contributed by atoms with Crippen molar-refractivity contribution < 1.29 is 23.2 Å². The van der Waals surface area contributed by atoms with Gasteiger partial charge in [-0.2, -0.15) is 10.2 Å². The number of aromatic nitrogens is 5. The van der Waals surface area contributed by atoms with Crippen molar-refractivity contribution in [2.24, 2.45) is 0 Å². The summed E-state index contributed by atoms with van der Waals surface area (Å²) in [6.07, 6.45) is 2.52. The zero-order valence-electron chi connectivity index (χ0n) is 16.9. The first-order valence-corrected chi connectivity index (χ1v) is 9.45. The van der Waals surface area contributed by atoms with Gasteiger partial charge in [-0.05, 0) is 19.9 Å². The highest BCUT2D eigenvalue weighted by molar-refractivity contribution is 5.85. The van der Waals surface area contributed by atoms with E-state index in [2.05, 4.69) is 15.2 Å². The fourth-order valence-electron chi connectivity index (χ4n) is 3.79. The molecule has 0 fully saturated rings. The van der Waals surface area contributed by atoms with Gasteiger partial charge in [0.25, 0.3) is 5.69 Å². The maximum atomic E-state index is 14.9. The Morgan fingerprint density at radius 3 is 2.59 bits per heavy atom. The second kappa shape index (κ2) is 7.71. The molecule has 2 heterocycles. The van der Waals surface area contributed by atoms with Crippen LogP contribution in [0.2, 0.25) is 0 Å². The van der Waals surface area contributed by atoms with E-state index in [1.54, 1.807) is 0 Å². The van der Waals surface area contributed by atoms with Crippen LogP contribution in [0.25, 0.3) is 10.9 Å². The minimum atomic E-state index is -2.08. The predicted octanol–water partition coefficient (Wildman–Crippen LogP) is 3.41. The maximum absolute atomic E-state index is 14.9. The highest BCUT2D eigenvalue weighted by Gasteiger charge is 2.42. The van der Waals surface area contributed by atoms with Gasteiger partial charge >= 0.3 is 0 Å². The Bertz CT molecular complexity index is 1320. The lowest BCUT2D eigenvalue weighted by Crippen LogP contribution is -2.41. The molecule has 32 heavy (non-hydrogen) atoms. The van der Waals surface area contributed by atoms with Gasteiger partial charge in [-0.3, -0.25) is 14.8 Å². The fraction of sp³-hybridized carbons (Fsp3) is 0.250. The lowest BCUT2D eigenvalue weighted by molar-refractivity contribution is -0.384. The van der Waals surface area contributed by atoms with Gasteiger partial charge in [0.15, 0.2) is 5.82 Å². The van der Waals surface area contributed by atoms with E-state index >= 15 is 0 Å². The number of hydrogen-bond donors (Lipinski definition) is 1. The van der Waals surface area contributed by atoms with Gasteiger partial charge < -0.3 is 5.11 Å². The van der Waals surface area contributed by atoms with Crippen LogP contribution in [0.3, 0.4) is 0 Å². The molecule has 0 amide bonds. The lowest BCUT2D eigenvalue weighted by Gasteiger charge is -2.35. The van der Waals surface area contributed by atoms with Gasteiger partial charge in [-0.15, -0.1) is 0 Å². The maximum Gasteiger partial charge on any atom is 0.273 e. The Kier molecular flexibility index (Phi) is 5.17. The Balaban J connectivity index is 1.92. The third-order valence-electron chi connectivity index (χ3n) is 5.46. The van der Waals surface area contributed by atoms with Gasteiger partial charge in [0.1, 0.15) is 35.4 Å². The molecular formula is C20H17F3N6O3. The third-order valence-corrected chi connectivity index (χ3v) is 5.46. The number of nitro groups is 1. The molecule has 0 bridgehead atoms. The topological polar surface area (TPSA) is 112 Å². The van der Waals surface area contributed by atoms with Crippen molar-refractivity contribution in [3.05, 3.63) is 81.8 Å². The highest BCUT2D eigenvalue weighted by atomic mass is 19.1. The first kappa shape index (κ1) is 21.4. The highest BCUT2D eigenvalue weighted by Crippen LogP contribution is 2.39. The minimum Gasteiger partial charge on any atom is -0.381 e. The van der Waals surface area contributed by atoms with Crippen molar-refractivity contribution in [1.29, 1.82) is 0 Å². The fourth-order valence-corrected chi connectivity index (χ4v) is 3.79. The molecule has 0 radical (unpaired) electrons. The van der Waals surface area contributed by atoms with Crippen LogP contribution in [0.15, 0.2) is 43.0 Å². The molecule has 9 nitrogen and oxygen atoms in total. The van der Waals surface area contributed by atoms with E-state index in [1.807, 2.05) is 0 Å². The largest absolute Gasteiger partial charge is 0.381 e. The van der Waals surface area contributed by atoms with E-state index in [0.29, 0.717) is 6.07 Å². The van der Waals surface area contributed by atoms with E-state index in [4.69, 9.17) is 0 Å². The molecule has 166 valence electrons. The molecule has 1 N–H and O–H groups in total. The molecule has 0 spiro atoms. The van der Waals surface area contributed by atoms with Crippen LogP contribution in [-0.2, 0) is 12.1 Å². The van der Waals surface area contributed by atoms with E-state index in [-0.39, 0.29) is 28.7 Å². The number of halogens is 3. The van der Waals surface area contributed by atoms with Crippen molar-refractivity contribution in [3.63, 3.8) is 0 Å². The number of benzene rings is 2. The van der Waals surface area contributed by atoms with Crippen LogP contribution < -0.4 is 0 Å². The first-order chi connectivity index (χ1) is 15.1. The monoisotopic (exact) mass is 446 g/mol. The van der Waals surface area contributed by atoms with Gasteiger partial charge in [0, 0.05) is 23.1 Å². The standard InChI is InChI=1S/C20H17F3N6O3/c1-11-15-6-14(29(31)32)7-18(23)19(15)28(26-11)12(2)20(30,8-27-10-24-9-25-27)16-4-3-13(21)5-17(16)22/h3-7,9-10,12,30H,8H2,1-2H3/t12-,20-/m1/s1. The van der Waals surface area contributed by atoms with Crippen LogP contribution in [0.5, 0.6) is 0 Å². The summed E-state index contributed by atoms with van der Waals surface area (Å²) in [5.41, 5.74) is -2.61. The molecule has 2 aromatic heterocycles. The molecule has 0 aliphatic heterocycles. The predicted molar refractivity (Wildman–Crippen MR) is 106 cm³/mol. The molecule has 4 aromatic rings. The molecule has 0 saturated heterocycles. The summed E-state index contributed by atoms with van der Waals surface area (Å²) in [5.74, 6) is -2.77. The van der Waals surface area contributed by atoms with Crippen LogP contribution in [0.4, 0.5) is 18.9 Å². The molecule has 4 rings (SSSR count). The van der Waals surface area contributed by atoms with Crippen molar-refractivity contribution in [2.75, 3.05) is 0 Å². The van der Waals surface area contributed by atoms with E-state index in [1.165, 1.54) is 37.3 Å². The average Bonchev–Trinajstić information content (AvgIpc) is 3.35. The number of aryl methyl sites for hydroxylation is 1. The number of nitrogens with zero attached hydrogens (tertiary/aromatic N) is 6. The Labute approximate surface area is 178 Å². The smallest absolute Gasteiger partial charge is 0.273 e. The molecule has 2 aromatic carbocycles. The molecule has 0 aliphatic carbocycles. The summed E-state index contributed by atoms with van der Waals surface area (Å²) in [6.45, 7) is 2.70. The number of fused-ring (bicyclic) bond motifs is 1. The normalized spacial score (nSPS) is 14.4. The summed E-state index contributed by atoms with van der Waals surface area (Å²) in [6, 6.07) is 3.54. The summed E-state index contributed by atoms with van der Waals surface area (Å²) >= 11 is 0. The number of rotatable bonds is 6. The summed E-state index contributed by atoms with van der Waals surface area (Å²) in [7, 11) is 0. The third kappa shape index (κ3) is 3.47. The lowest BCUT2D eigenvalue weighted by atomic mass is 9.86. The van der Waals surface area contributed by atoms with E-state index in [9.17, 15) is 28.4 Å². The Morgan fingerprint density at radius 1 is 1.22 bits per heavy atom. The number of non-ortho nitro benzene ring substituents is 1. The van der Waals surface area contributed by atoms with Gasteiger partial charge in [-0.25, -0.2) is 22.8 Å². The van der Waals surface area contributed by atoms with Crippen LogP contribution in [-0.4, -0.2) is 34.6 Å². The molecule has 0 aliphatic rings. The molecule has 0 saturated carbocycles. The zero-order valence-corrected chi connectivity index (χ0v) is 16.9. The van der Waals surface area contributed by atoms with Crippen LogP contribution in [0.1, 0.15) is 24.2 Å². The van der Waals surface area contributed by atoms with Gasteiger partial charge in [0.05, 0.1) is 29.3 Å². The number of hydrogen-bond acceptors (Lipinski definition) is 6. The minimum absolute atomic E-state index is 0.0971. The molecule has 0 unspecified atom stereocenters. The van der Waals surface area contributed by atoms with Gasteiger partial charge in [-0.1, -0.05) is 6.07 Å². The quantitative estimate of drug-likeness (QED) is 0.359. The molecule has 12 heteroatoms. The second-order valence-corrected chi connectivity index (χ2v) is 7.43. The molecular weight excluding hydrogens is 429 g/mol. The number of nitro benzene ring substituents is 1. The van der Waals surface area contributed by atoms with Crippen molar-refractivity contribution in [2.45, 2.75) is 32.0 Å². The van der Waals surface area contributed by atoms with E-state index < -0.39 is 39.7 Å². The summed E-state index contributed by atoms with van der Waals surface area (Å²) in [5, 5.41) is 31.2. The average molecular weight is 446 g/mol. The van der Waals surface area contributed by atoms with Gasteiger partial charge in [0.2, 0.25) is 0 Å². The summed E-state index contributed by atoms with van der Waals surface area (Å²) in [4.78, 5) is 14.2. The van der Waals surface area contributed by atoms with Crippen LogP contribution >= 0.6 is 0 Å². The SMILES string of the molecule is Cc1nn([C@H](C)[C@](O)(Cn2cncn2)c2ccc(F)cc2F)c2c(F)cc([N+](=O)[O-])cc12. The van der Waals surface area contributed by atoms with Crippen molar-refractivity contribution >= 4 is 16.6 Å². The Morgan fingerprint density at radius 2 is 1.97 bits per heavy atom. The van der Waals surface area contributed by atoms with Crippen molar-refractivity contribution in [3.8, 4) is 0 Å². The first-order valence-electron chi connectivity index (χ1n) is 9.45. The Hall–Kier alpha value is -3.80. The van der Waals surface area contributed by atoms with Crippen molar-refractivity contribution in [1.82, 2.24) is 24.5 Å². The zero-order chi connectivity index (χ0) is 23.2. The van der Waals surface area contributed by atoms with Crippen LogP contribution in [0, 0.1) is 34.5 Å². The number of aliphatic hydroxyl groups is 1. The van der Waals surface area contributed by atoms with E-state index in [0.717, 1.165) is 22.9 Å².